The van der Waals surface area contributed by atoms with E-state index in [4.69, 9.17) is 5.73 Å². The van der Waals surface area contributed by atoms with Gasteiger partial charge in [-0.2, -0.15) is 0 Å². The minimum Gasteiger partial charge on any atom is -0.392 e. The lowest BCUT2D eigenvalue weighted by atomic mass is 9.66. The predicted molar refractivity (Wildman–Crippen MR) is 52.6 cm³/mol. The molecule has 74 valence electrons. The monoisotopic (exact) mass is 182 g/mol. The van der Waals surface area contributed by atoms with E-state index in [1.165, 1.54) is 0 Å². The van der Waals surface area contributed by atoms with Crippen molar-refractivity contribution in [3.8, 4) is 0 Å². The average Bonchev–Trinajstić information content (AvgIpc) is 2.09. The maximum atomic E-state index is 9.94. The molecule has 1 aliphatic heterocycles. The number of aliphatic hydroxyl groups is 1. The van der Waals surface area contributed by atoms with Crippen molar-refractivity contribution in [3.63, 3.8) is 0 Å². The summed E-state index contributed by atoms with van der Waals surface area (Å²) in [4.78, 5) is 4.46. The predicted octanol–water partition coefficient (Wildman–Crippen LogP) is 1.06. The molecule has 0 aromatic carbocycles. The lowest BCUT2D eigenvalue weighted by Crippen LogP contribution is -2.48. The van der Waals surface area contributed by atoms with Gasteiger partial charge in [0.25, 0.3) is 0 Å². The summed E-state index contributed by atoms with van der Waals surface area (Å²) in [6.45, 7) is 2.15. The van der Waals surface area contributed by atoms with Gasteiger partial charge in [0.05, 0.1) is 18.0 Å². The Hall–Kier alpha value is -0.570. The summed E-state index contributed by atoms with van der Waals surface area (Å²) in [5.74, 6) is 0.775. The molecule has 0 aromatic heterocycles. The molecule has 1 fully saturated rings. The summed E-state index contributed by atoms with van der Waals surface area (Å²) in [5.41, 5.74) is 5.72. The Morgan fingerprint density at radius 2 is 2.31 bits per heavy atom. The van der Waals surface area contributed by atoms with Gasteiger partial charge in [0.2, 0.25) is 0 Å². The number of nitrogens with two attached hydrogens (primary N) is 1. The highest BCUT2D eigenvalue weighted by atomic mass is 16.3. The van der Waals surface area contributed by atoms with Crippen LogP contribution in [0.5, 0.6) is 0 Å². The second kappa shape index (κ2) is 2.98. The topological polar surface area (TPSA) is 58.6 Å². The molecule has 13 heavy (non-hydrogen) atoms. The van der Waals surface area contributed by atoms with Crippen LogP contribution in [-0.2, 0) is 0 Å². The Morgan fingerprint density at radius 1 is 1.54 bits per heavy atom. The Balaban J connectivity index is 2.25. The highest BCUT2D eigenvalue weighted by Crippen LogP contribution is 2.43. The largest absolute Gasteiger partial charge is 0.392 e. The summed E-state index contributed by atoms with van der Waals surface area (Å²) in [6.07, 6.45) is 4.77. The van der Waals surface area contributed by atoms with E-state index in [-0.39, 0.29) is 17.6 Å². The Labute approximate surface area is 79.0 Å². The molecule has 1 unspecified atom stereocenters. The summed E-state index contributed by atoms with van der Waals surface area (Å²) < 4.78 is 0. The number of hydrogen-bond donors (Lipinski definition) is 2. The minimum atomic E-state index is -0.178. The van der Waals surface area contributed by atoms with Crippen molar-refractivity contribution in [2.75, 3.05) is 0 Å². The first kappa shape index (κ1) is 9.00. The van der Waals surface area contributed by atoms with Gasteiger partial charge in [-0.25, -0.2) is 0 Å². The number of aliphatic imine (C=N–C) groups is 1. The molecule has 3 nitrogen and oxygen atoms in total. The fraction of sp³-hybridized carbons (Fsp3) is 0.900. The molecule has 3 atom stereocenters. The molecule has 0 radical (unpaired) electrons. The van der Waals surface area contributed by atoms with E-state index < -0.39 is 0 Å². The zero-order chi connectivity index (χ0) is 9.47. The molecule has 1 aliphatic carbocycles. The maximum Gasteiger partial charge on any atom is 0.0940 e. The highest BCUT2D eigenvalue weighted by Gasteiger charge is 2.44. The first-order valence-electron chi connectivity index (χ1n) is 5.13. The van der Waals surface area contributed by atoms with Crippen molar-refractivity contribution in [3.05, 3.63) is 0 Å². The number of amidine groups is 1. The first-order valence-corrected chi connectivity index (χ1v) is 5.13. The zero-order valence-corrected chi connectivity index (χ0v) is 8.16. The van der Waals surface area contributed by atoms with E-state index in [0.29, 0.717) is 0 Å². The van der Waals surface area contributed by atoms with Crippen molar-refractivity contribution in [1.82, 2.24) is 0 Å². The van der Waals surface area contributed by atoms with Crippen LogP contribution in [0, 0.1) is 5.41 Å². The lowest BCUT2D eigenvalue weighted by molar-refractivity contribution is -0.0208. The van der Waals surface area contributed by atoms with Gasteiger partial charge in [0.1, 0.15) is 0 Å². The van der Waals surface area contributed by atoms with Gasteiger partial charge in [0, 0.05) is 11.8 Å². The van der Waals surface area contributed by atoms with Gasteiger partial charge in [-0.15, -0.1) is 0 Å². The second-order valence-corrected chi connectivity index (χ2v) is 4.59. The second-order valence-electron chi connectivity index (χ2n) is 4.59. The normalized spacial score (nSPS) is 45.2. The fourth-order valence-corrected chi connectivity index (χ4v) is 2.59. The van der Waals surface area contributed by atoms with Crippen molar-refractivity contribution in [1.29, 1.82) is 0 Å². The van der Waals surface area contributed by atoms with Crippen LogP contribution in [0.3, 0.4) is 0 Å². The summed E-state index contributed by atoms with van der Waals surface area (Å²) in [6, 6.07) is 0.269. The standard InChI is InChI=1S/C10H18N2O/c1-10-6-5-9(11)12-7(10)3-2-4-8(10)13/h7-8,13H,2-6H2,1H3,(H2,11,12)/t7-,8?,10+/m0/s1. The quantitative estimate of drug-likeness (QED) is 0.588. The molecule has 2 aliphatic rings. The molecule has 0 saturated heterocycles. The van der Waals surface area contributed by atoms with Crippen LogP contribution in [0.1, 0.15) is 39.0 Å². The maximum absolute atomic E-state index is 9.94. The smallest absolute Gasteiger partial charge is 0.0940 e. The van der Waals surface area contributed by atoms with Crippen LogP contribution in [0.2, 0.25) is 0 Å². The zero-order valence-electron chi connectivity index (χ0n) is 8.16. The van der Waals surface area contributed by atoms with Gasteiger partial charge in [-0.1, -0.05) is 6.92 Å². The molecule has 0 bridgehead atoms. The first-order chi connectivity index (χ1) is 6.13. The fourth-order valence-electron chi connectivity index (χ4n) is 2.59. The van der Waals surface area contributed by atoms with Crippen LogP contribution in [-0.4, -0.2) is 23.1 Å². The van der Waals surface area contributed by atoms with E-state index in [1.807, 2.05) is 0 Å². The average molecular weight is 182 g/mol. The Morgan fingerprint density at radius 3 is 3.08 bits per heavy atom. The van der Waals surface area contributed by atoms with E-state index in [0.717, 1.165) is 37.9 Å². The van der Waals surface area contributed by atoms with Crippen LogP contribution in [0.15, 0.2) is 4.99 Å². The van der Waals surface area contributed by atoms with E-state index in [9.17, 15) is 5.11 Å². The number of nitrogens with zero attached hydrogens (tertiary/aromatic N) is 1. The molecule has 3 N–H and O–H groups in total. The SMILES string of the molecule is C[C@@]12CCC(N)=N[C@H]1CCCC2O. The van der Waals surface area contributed by atoms with Crippen LogP contribution in [0.4, 0.5) is 0 Å². The van der Waals surface area contributed by atoms with Gasteiger partial charge in [-0.3, -0.25) is 4.99 Å². The molecule has 1 heterocycles. The van der Waals surface area contributed by atoms with Crippen LogP contribution in [0.25, 0.3) is 0 Å². The molecule has 3 heteroatoms. The lowest BCUT2D eigenvalue weighted by Gasteiger charge is -2.45. The van der Waals surface area contributed by atoms with Crippen LogP contribution >= 0.6 is 0 Å². The molecule has 0 aromatic rings. The van der Waals surface area contributed by atoms with Gasteiger partial charge in [0.15, 0.2) is 0 Å². The third kappa shape index (κ3) is 1.35. The highest BCUT2D eigenvalue weighted by molar-refractivity contribution is 5.81. The molecule has 0 spiro atoms. The van der Waals surface area contributed by atoms with E-state index >= 15 is 0 Å². The van der Waals surface area contributed by atoms with Gasteiger partial charge in [-0.05, 0) is 25.7 Å². The van der Waals surface area contributed by atoms with Gasteiger partial charge >= 0.3 is 0 Å². The molecule has 2 rings (SSSR count). The summed E-state index contributed by atoms with van der Waals surface area (Å²) >= 11 is 0. The molecule has 0 amide bonds. The number of aliphatic hydroxyl groups excluding tert-OH is 1. The van der Waals surface area contributed by atoms with Crippen molar-refractivity contribution in [2.45, 2.75) is 51.2 Å². The van der Waals surface area contributed by atoms with Crippen LogP contribution < -0.4 is 5.73 Å². The van der Waals surface area contributed by atoms with Crippen molar-refractivity contribution >= 4 is 5.84 Å². The number of fused-ring (bicyclic) bond motifs is 1. The Kier molecular flexibility index (Phi) is 2.06. The molecular formula is C10H18N2O. The van der Waals surface area contributed by atoms with Crippen molar-refractivity contribution < 1.29 is 5.11 Å². The minimum absolute atomic E-state index is 0.00111. The molecule has 1 saturated carbocycles. The third-order valence-corrected chi connectivity index (χ3v) is 3.72. The third-order valence-electron chi connectivity index (χ3n) is 3.72. The number of hydrogen-bond acceptors (Lipinski definition) is 3. The number of rotatable bonds is 0. The van der Waals surface area contributed by atoms with Crippen molar-refractivity contribution in [2.24, 2.45) is 16.1 Å². The Bertz CT molecular complexity index is 239. The summed E-state index contributed by atoms with van der Waals surface area (Å²) in [7, 11) is 0. The van der Waals surface area contributed by atoms with E-state index in [2.05, 4.69) is 11.9 Å². The van der Waals surface area contributed by atoms with E-state index in [1.54, 1.807) is 0 Å². The molecular weight excluding hydrogens is 164 g/mol. The summed E-state index contributed by atoms with van der Waals surface area (Å²) in [5, 5.41) is 9.94. The van der Waals surface area contributed by atoms with Gasteiger partial charge < -0.3 is 10.8 Å².